The Hall–Kier alpha value is -1.84. The van der Waals surface area contributed by atoms with Gasteiger partial charge < -0.3 is 14.4 Å². The van der Waals surface area contributed by atoms with Crippen molar-refractivity contribution in [3.8, 4) is 0 Å². The zero-order valence-corrected chi connectivity index (χ0v) is 11.8. The fraction of sp³-hybridized carbons (Fsp3) is 0.294. The standard InChI is InChI=1S/C17H19NO2/c1-3-16(19)17(20-2)18-14-10-6-4-8-12(14)13-9-5-7-11-15(13)18/h4-11,16-17,19H,3H2,1-2H3/t16-,17+/m1/s1. The van der Waals surface area contributed by atoms with Crippen LogP contribution in [0.5, 0.6) is 0 Å². The van der Waals surface area contributed by atoms with Gasteiger partial charge in [-0.15, -0.1) is 0 Å². The number of aromatic nitrogens is 1. The topological polar surface area (TPSA) is 34.4 Å². The highest BCUT2D eigenvalue weighted by molar-refractivity contribution is 6.08. The van der Waals surface area contributed by atoms with Crippen LogP contribution in [0.15, 0.2) is 48.5 Å². The minimum atomic E-state index is -0.529. The number of hydrogen-bond donors (Lipinski definition) is 1. The maximum absolute atomic E-state index is 10.3. The van der Waals surface area contributed by atoms with Crippen LogP contribution in [0.4, 0.5) is 0 Å². The first kappa shape index (κ1) is 13.2. The molecule has 3 nitrogen and oxygen atoms in total. The van der Waals surface area contributed by atoms with Crippen molar-refractivity contribution in [1.29, 1.82) is 0 Å². The summed E-state index contributed by atoms with van der Waals surface area (Å²) >= 11 is 0. The fourth-order valence-electron chi connectivity index (χ4n) is 2.86. The molecule has 1 N–H and O–H groups in total. The van der Waals surface area contributed by atoms with E-state index >= 15 is 0 Å². The van der Waals surface area contributed by atoms with E-state index in [2.05, 4.69) is 28.8 Å². The van der Waals surface area contributed by atoms with Gasteiger partial charge in [-0.25, -0.2) is 0 Å². The van der Waals surface area contributed by atoms with Gasteiger partial charge in [-0.3, -0.25) is 0 Å². The van der Waals surface area contributed by atoms with Crippen molar-refractivity contribution in [2.24, 2.45) is 0 Å². The summed E-state index contributed by atoms with van der Waals surface area (Å²) in [6, 6.07) is 16.5. The maximum atomic E-state index is 10.3. The molecule has 20 heavy (non-hydrogen) atoms. The SMILES string of the molecule is CC[C@@H](O)[C@H](OC)n1c2ccccc2c2ccccc21. The molecule has 0 spiro atoms. The molecule has 0 bridgehead atoms. The largest absolute Gasteiger partial charge is 0.388 e. The van der Waals surface area contributed by atoms with E-state index in [0.29, 0.717) is 6.42 Å². The second kappa shape index (κ2) is 5.27. The van der Waals surface area contributed by atoms with E-state index in [0.717, 1.165) is 11.0 Å². The number of rotatable bonds is 4. The van der Waals surface area contributed by atoms with Crippen molar-refractivity contribution in [3.05, 3.63) is 48.5 Å². The molecule has 0 saturated heterocycles. The fourth-order valence-corrected chi connectivity index (χ4v) is 2.86. The Bertz CT molecular complexity index is 679. The van der Waals surface area contributed by atoms with Crippen LogP contribution in [-0.4, -0.2) is 22.9 Å². The number of nitrogens with zero attached hydrogens (tertiary/aromatic N) is 1. The molecule has 104 valence electrons. The lowest BCUT2D eigenvalue weighted by Gasteiger charge is -2.24. The van der Waals surface area contributed by atoms with E-state index in [1.54, 1.807) is 7.11 Å². The monoisotopic (exact) mass is 269 g/mol. The summed E-state index contributed by atoms with van der Waals surface area (Å²) in [6.45, 7) is 1.96. The lowest BCUT2D eigenvalue weighted by Crippen LogP contribution is -2.25. The van der Waals surface area contributed by atoms with Crippen LogP contribution in [0.2, 0.25) is 0 Å². The molecule has 1 heterocycles. The van der Waals surface area contributed by atoms with E-state index in [4.69, 9.17) is 4.74 Å². The van der Waals surface area contributed by atoms with Crippen LogP contribution >= 0.6 is 0 Å². The average molecular weight is 269 g/mol. The van der Waals surface area contributed by atoms with Crippen molar-refractivity contribution in [3.63, 3.8) is 0 Å². The van der Waals surface area contributed by atoms with Crippen LogP contribution in [0.25, 0.3) is 21.8 Å². The predicted molar refractivity (Wildman–Crippen MR) is 81.8 cm³/mol. The van der Waals surface area contributed by atoms with E-state index in [1.165, 1.54) is 10.8 Å². The van der Waals surface area contributed by atoms with Gasteiger partial charge in [0.05, 0.1) is 17.1 Å². The van der Waals surface area contributed by atoms with Crippen LogP contribution in [0.1, 0.15) is 19.6 Å². The number of benzene rings is 2. The second-order valence-electron chi connectivity index (χ2n) is 5.01. The molecule has 3 rings (SSSR count). The summed E-state index contributed by atoms with van der Waals surface area (Å²) < 4.78 is 7.67. The van der Waals surface area contributed by atoms with Gasteiger partial charge >= 0.3 is 0 Å². The third-order valence-electron chi connectivity index (χ3n) is 3.86. The molecule has 2 aromatic carbocycles. The van der Waals surface area contributed by atoms with Gasteiger partial charge in [-0.05, 0) is 18.6 Å². The molecule has 3 aromatic rings. The lowest BCUT2D eigenvalue weighted by molar-refractivity contribution is -0.0542. The highest BCUT2D eigenvalue weighted by atomic mass is 16.5. The van der Waals surface area contributed by atoms with Crippen LogP contribution in [-0.2, 0) is 4.74 Å². The highest BCUT2D eigenvalue weighted by Crippen LogP contribution is 2.33. The number of hydrogen-bond acceptors (Lipinski definition) is 2. The number of aliphatic hydroxyl groups excluding tert-OH is 1. The Morgan fingerprint density at radius 3 is 1.95 bits per heavy atom. The molecule has 0 fully saturated rings. The van der Waals surface area contributed by atoms with Crippen molar-refractivity contribution in [2.75, 3.05) is 7.11 Å². The molecule has 0 aliphatic heterocycles. The molecular weight excluding hydrogens is 250 g/mol. The third-order valence-corrected chi connectivity index (χ3v) is 3.86. The molecule has 1 aromatic heterocycles. The predicted octanol–water partition coefficient (Wildman–Crippen LogP) is 3.71. The third kappa shape index (κ3) is 1.90. The number of para-hydroxylation sites is 2. The smallest absolute Gasteiger partial charge is 0.160 e. The van der Waals surface area contributed by atoms with Gasteiger partial charge in [0.15, 0.2) is 6.23 Å². The number of fused-ring (bicyclic) bond motifs is 3. The van der Waals surface area contributed by atoms with Gasteiger partial charge in [0.2, 0.25) is 0 Å². The Morgan fingerprint density at radius 1 is 1.00 bits per heavy atom. The van der Waals surface area contributed by atoms with E-state index in [1.807, 2.05) is 31.2 Å². The minimum Gasteiger partial charge on any atom is -0.388 e. The van der Waals surface area contributed by atoms with Gasteiger partial charge in [0, 0.05) is 17.9 Å². The minimum absolute atomic E-state index is 0.371. The molecule has 0 saturated carbocycles. The van der Waals surface area contributed by atoms with Crippen LogP contribution in [0, 0.1) is 0 Å². The van der Waals surface area contributed by atoms with Crippen LogP contribution < -0.4 is 0 Å². The Balaban J connectivity index is 2.36. The molecule has 2 atom stereocenters. The summed E-state index contributed by atoms with van der Waals surface area (Å²) in [5.74, 6) is 0. The van der Waals surface area contributed by atoms with Crippen molar-refractivity contribution in [2.45, 2.75) is 25.7 Å². The highest BCUT2D eigenvalue weighted by Gasteiger charge is 2.23. The first-order valence-corrected chi connectivity index (χ1v) is 6.96. The summed E-state index contributed by atoms with van der Waals surface area (Å²) in [5.41, 5.74) is 2.18. The van der Waals surface area contributed by atoms with Gasteiger partial charge in [-0.1, -0.05) is 43.3 Å². The zero-order valence-electron chi connectivity index (χ0n) is 11.8. The van der Waals surface area contributed by atoms with Gasteiger partial charge in [0.1, 0.15) is 0 Å². The molecule has 0 aliphatic rings. The maximum Gasteiger partial charge on any atom is 0.160 e. The molecular formula is C17H19NO2. The van der Waals surface area contributed by atoms with Crippen molar-refractivity contribution in [1.82, 2.24) is 4.57 Å². The van der Waals surface area contributed by atoms with Gasteiger partial charge in [0.25, 0.3) is 0 Å². The van der Waals surface area contributed by atoms with E-state index < -0.39 is 6.10 Å². The summed E-state index contributed by atoms with van der Waals surface area (Å²) in [7, 11) is 1.65. The molecule has 0 amide bonds. The average Bonchev–Trinajstić information content (AvgIpc) is 2.83. The Labute approximate surface area is 118 Å². The Kier molecular flexibility index (Phi) is 3.47. The zero-order chi connectivity index (χ0) is 14.1. The van der Waals surface area contributed by atoms with E-state index in [-0.39, 0.29) is 6.23 Å². The second-order valence-corrected chi connectivity index (χ2v) is 5.01. The summed E-state index contributed by atoms with van der Waals surface area (Å²) in [6.07, 6.45) is -0.247. The normalized spacial score (nSPS) is 14.8. The molecule has 3 heteroatoms. The number of methoxy groups -OCH3 is 1. The number of ether oxygens (including phenoxy) is 1. The molecule has 0 aliphatic carbocycles. The first-order valence-electron chi connectivity index (χ1n) is 6.96. The molecule has 0 radical (unpaired) electrons. The summed E-state index contributed by atoms with van der Waals surface area (Å²) in [4.78, 5) is 0. The Morgan fingerprint density at radius 2 is 1.50 bits per heavy atom. The van der Waals surface area contributed by atoms with Crippen molar-refractivity contribution < 1.29 is 9.84 Å². The van der Waals surface area contributed by atoms with E-state index in [9.17, 15) is 5.11 Å². The number of aliphatic hydroxyl groups is 1. The van der Waals surface area contributed by atoms with Crippen molar-refractivity contribution >= 4 is 21.8 Å². The lowest BCUT2D eigenvalue weighted by atomic mass is 10.2. The summed E-state index contributed by atoms with van der Waals surface area (Å²) in [5, 5.41) is 12.6. The first-order chi connectivity index (χ1) is 9.77. The quantitative estimate of drug-likeness (QED) is 0.783. The van der Waals surface area contributed by atoms with Gasteiger partial charge in [-0.2, -0.15) is 0 Å². The van der Waals surface area contributed by atoms with Crippen LogP contribution in [0.3, 0.4) is 0 Å². The molecule has 0 unspecified atom stereocenters.